The molecule has 1 aromatic heterocycles. The number of carbonyl (C=O) groups excluding carboxylic acids is 1. The molecule has 1 aromatic rings. The van der Waals surface area contributed by atoms with E-state index in [1.54, 1.807) is 20.8 Å². The van der Waals surface area contributed by atoms with Crippen molar-refractivity contribution in [1.82, 2.24) is 4.57 Å². The first-order chi connectivity index (χ1) is 8.06. The molecule has 0 aliphatic heterocycles. The Labute approximate surface area is 100 Å². The van der Waals surface area contributed by atoms with Gasteiger partial charge in [0.1, 0.15) is 5.60 Å². The average molecular weight is 277 g/mol. The summed E-state index contributed by atoms with van der Waals surface area (Å²) in [7, 11) is 0. The lowest BCUT2D eigenvalue weighted by atomic mass is 10.2. The molecule has 0 bridgehead atoms. The second-order valence-corrected chi connectivity index (χ2v) is 4.59. The van der Waals surface area contributed by atoms with Crippen molar-refractivity contribution in [2.24, 2.45) is 0 Å². The first-order valence-electron chi connectivity index (χ1n) is 5.68. The fourth-order valence-electron chi connectivity index (χ4n) is 0.777. The Morgan fingerprint density at radius 2 is 2.13 bits per heavy atom. The predicted octanol–water partition coefficient (Wildman–Crippen LogP) is 2.39. The number of hydrogen-bond acceptors (Lipinski definition) is 3. The number of pyridine rings is 1. The molecule has 0 aliphatic carbocycles. The molecule has 0 aliphatic rings. The minimum absolute atomic E-state index is 0.0991. The molecule has 0 saturated heterocycles. The smallest absolute Gasteiger partial charge is 0.421 e. The summed E-state index contributed by atoms with van der Waals surface area (Å²) >= 11 is 2.90. The van der Waals surface area contributed by atoms with E-state index in [0.29, 0.717) is 4.57 Å². The number of rotatable bonds is 0. The minimum atomic E-state index is -1.04. The zero-order valence-electron chi connectivity index (χ0n) is 11.5. The van der Waals surface area contributed by atoms with Crippen molar-refractivity contribution in [1.29, 1.82) is 0 Å². The van der Waals surface area contributed by atoms with Gasteiger partial charge in [0.05, 0.1) is 4.11 Å². The summed E-state index contributed by atoms with van der Waals surface area (Å²) in [6.45, 7) is 4.86. The van der Waals surface area contributed by atoms with Crippen molar-refractivity contribution in [3.05, 3.63) is 33.1 Å². The average Bonchev–Trinajstić information content (AvgIpc) is 2.21. The van der Waals surface area contributed by atoms with Gasteiger partial charge >= 0.3 is 6.09 Å². The molecule has 1 heterocycles. The van der Waals surface area contributed by atoms with Crippen LogP contribution in [0.3, 0.4) is 0 Å². The van der Waals surface area contributed by atoms with Crippen LogP contribution in [0.2, 0.25) is 0 Å². The van der Waals surface area contributed by atoms with E-state index in [-0.39, 0.29) is 4.47 Å². The van der Waals surface area contributed by atoms with E-state index in [1.807, 2.05) is 0 Å². The van der Waals surface area contributed by atoms with E-state index in [2.05, 4.69) is 15.9 Å². The summed E-state index contributed by atoms with van der Waals surface area (Å²) in [4.78, 5) is 23.5. The molecule has 0 N–H and O–H groups in total. The summed E-state index contributed by atoms with van der Waals surface area (Å²) in [6, 6.07) is -1.09. The van der Waals surface area contributed by atoms with E-state index in [9.17, 15) is 9.59 Å². The van der Waals surface area contributed by atoms with Crippen molar-refractivity contribution in [2.45, 2.75) is 26.4 Å². The van der Waals surface area contributed by atoms with Gasteiger partial charge in [0.25, 0.3) is 5.56 Å². The van der Waals surface area contributed by atoms with Gasteiger partial charge in [-0.15, -0.1) is 0 Å². The monoisotopic (exact) mass is 276 g/mol. The van der Waals surface area contributed by atoms with Crippen LogP contribution in [0.5, 0.6) is 0 Å². The molecule has 0 radical (unpaired) electrons. The predicted molar refractivity (Wildman–Crippen MR) is 60.0 cm³/mol. The van der Waals surface area contributed by atoms with Crippen LogP contribution in [0.25, 0.3) is 0 Å². The van der Waals surface area contributed by atoms with Crippen LogP contribution in [0, 0.1) is 0 Å². The third-order valence-corrected chi connectivity index (χ3v) is 1.64. The molecular weight excluding hydrogens is 262 g/mol. The SMILES string of the molecule is [2H]c1c(Br)c([2H])n(C(=O)OC(C)(C)C)c(=O)c1[2H]. The quantitative estimate of drug-likeness (QED) is 0.731. The molecule has 0 fully saturated rings. The molecule has 0 amide bonds. The Balaban J connectivity index is 3.43. The summed E-state index contributed by atoms with van der Waals surface area (Å²) in [5.74, 6) is 0. The lowest BCUT2D eigenvalue weighted by Gasteiger charge is -2.19. The van der Waals surface area contributed by atoms with E-state index in [1.165, 1.54) is 0 Å². The molecule has 4 nitrogen and oxygen atoms in total. The Hall–Kier alpha value is -1.10. The zero-order chi connectivity index (χ0) is 14.2. The summed E-state index contributed by atoms with van der Waals surface area (Å²) in [5.41, 5.74) is -1.86. The first-order valence-corrected chi connectivity index (χ1v) is 4.97. The highest BCUT2D eigenvalue weighted by atomic mass is 79.9. The molecule has 0 atom stereocenters. The molecule has 0 spiro atoms. The van der Waals surface area contributed by atoms with Crippen LogP contribution in [0.4, 0.5) is 4.79 Å². The summed E-state index contributed by atoms with van der Waals surface area (Å²) in [5, 5.41) is 0. The molecule has 0 unspecified atom stereocenters. The third kappa shape index (κ3) is 3.51. The molecule has 5 heteroatoms. The van der Waals surface area contributed by atoms with Gasteiger partial charge in [0.2, 0.25) is 0 Å². The first kappa shape index (κ1) is 8.10. The zero-order valence-corrected chi connectivity index (χ0v) is 10.1. The highest BCUT2D eigenvalue weighted by Crippen LogP contribution is 2.10. The Bertz CT molecular complexity index is 563. The highest BCUT2D eigenvalue weighted by Gasteiger charge is 2.18. The maximum atomic E-state index is 11.8. The second-order valence-electron chi connectivity index (χ2n) is 3.80. The third-order valence-electron chi connectivity index (χ3n) is 1.27. The maximum Gasteiger partial charge on any atom is 0.421 e. The number of carbonyl (C=O) groups is 1. The van der Waals surface area contributed by atoms with Crippen molar-refractivity contribution >= 4 is 22.0 Å². The van der Waals surface area contributed by atoms with Crippen molar-refractivity contribution in [2.75, 3.05) is 0 Å². The highest BCUT2D eigenvalue weighted by molar-refractivity contribution is 9.10. The number of hydrogen-bond donors (Lipinski definition) is 0. The van der Waals surface area contributed by atoms with E-state index >= 15 is 0 Å². The standard InChI is InChI=1S/C10H12BrNO3/c1-10(2,3)15-9(14)12-6-7(11)4-5-8(12)13/h4-6H,1-3H3/i4D,5D,6D. The fraction of sp³-hybridized carbons (Fsp3) is 0.400. The topological polar surface area (TPSA) is 48.3 Å². The van der Waals surface area contributed by atoms with Crippen molar-refractivity contribution in [3.8, 4) is 0 Å². The Kier molecular flexibility index (Phi) is 2.26. The second kappa shape index (κ2) is 4.18. The molecular formula is C10H12BrNO3. The van der Waals surface area contributed by atoms with Crippen molar-refractivity contribution < 1.29 is 13.6 Å². The van der Waals surface area contributed by atoms with E-state index in [4.69, 9.17) is 8.85 Å². The molecule has 0 saturated carbocycles. The normalized spacial score (nSPS) is 14.0. The maximum absolute atomic E-state index is 11.8. The van der Waals surface area contributed by atoms with Gasteiger partial charge in [-0.3, -0.25) is 4.79 Å². The van der Waals surface area contributed by atoms with Crippen LogP contribution in [0.15, 0.2) is 27.5 Å². The van der Waals surface area contributed by atoms with Crippen LogP contribution in [-0.2, 0) is 4.74 Å². The van der Waals surface area contributed by atoms with Crippen LogP contribution >= 0.6 is 15.9 Å². The Morgan fingerprint density at radius 1 is 1.53 bits per heavy atom. The molecule has 1 rings (SSSR count). The van der Waals surface area contributed by atoms with Crippen LogP contribution in [-0.4, -0.2) is 16.3 Å². The molecule has 0 aromatic carbocycles. The van der Waals surface area contributed by atoms with Gasteiger partial charge < -0.3 is 4.74 Å². The minimum Gasteiger partial charge on any atom is -0.443 e. The Morgan fingerprint density at radius 3 is 2.67 bits per heavy atom. The van der Waals surface area contributed by atoms with Gasteiger partial charge in [-0.1, -0.05) is 0 Å². The molecule has 15 heavy (non-hydrogen) atoms. The van der Waals surface area contributed by atoms with Crippen molar-refractivity contribution in [3.63, 3.8) is 0 Å². The van der Waals surface area contributed by atoms with E-state index < -0.39 is 35.5 Å². The number of nitrogens with zero attached hydrogens (tertiary/aromatic N) is 1. The van der Waals surface area contributed by atoms with Gasteiger partial charge in [0, 0.05) is 16.7 Å². The number of aromatic nitrogens is 1. The summed E-state index contributed by atoms with van der Waals surface area (Å²) in [6.07, 6.45) is -1.54. The summed E-state index contributed by atoms with van der Waals surface area (Å²) < 4.78 is 27.8. The van der Waals surface area contributed by atoms with Gasteiger partial charge in [-0.2, -0.15) is 0 Å². The number of ether oxygens (including phenoxy) is 1. The lowest BCUT2D eigenvalue weighted by Crippen LogP contribution is -2.32. The molecule has 82 valence electrons. The fourth-order valence-corrected chi connectivity index (χ4v) is 1.05. The van der Waals surface area contributed by atoms with E-state index in [0.717, 1.165) is 0 Å². The lowest BCUT2D eigenvalue weighted by molar-refractivity contribution is 0.0530. The van der Waals surface area contributed by atoms with Gasteiger partial charge in [-0.05, 0) is 42.7 Å². The largest absolute Gasteiger partial charge is 0.443 e. The van der Waals surface area contributed by atoms with Crippen LogP contribution in [0.1, 0.15) is 24.9 Å². The van der Waals surface area contributed by atoms with Gasteiger partial charge in [0.15, 0.2) is 0 Å². The van der Waals surface area contributed by atoms with Gasteiger partial charge in [-0.25, -0.2) is 9.36 Å². The van der Waals surface area contributed by atoms with Crippen LogP contribution < -0.4 is 5.56 Å². The number of halogens is 1.